The van der Waals surface area contributed by atoms with Gasteiger partial charge in [-0.1, -0.05) is 12.1 Å². The SMILES string of the molecule is O=C(c1cn[nH]c1-c1cccs1)N1CCC[C@H](OCc2ccccn2)C1. The molecule has 1 atom stereocenters. The van der Waals surface area contributed by atoms with Gasteiger partial charge in [0, 0.05) is 19.3 Å². The number of pyridine rings is 1. The highest BCUT2D eigenvalue weighted by atomic mass is 32.1. The van der Waals surface area contributed by atoms with Crippen LogP contribution in [0.15, 0.2) is 48.1 Å². The third-order valence-corrected chi connectivity index (χ3v) is 5.38. The van der Waals surface area contributed by atoms with Crippen LogP contribution in [0.3, 0.4) is 0 Å². The molecule has 26 heavy (non-hydrogen) atoms. The molecule has 3 aromatic heterocycles. The highest BCUT2D eigenvalue weighted by molar-refractivity contribution is 7.13. The summed E-state index contributed by atoms with van der Waals surface area (Å²) in [5, 5.41) is 9.04. The molecule has 1 fully saturated rings. The quantitative estimate of drug-likeness (QED) is 0.750. The minimum atomic E-state index is 0.00767. The third-order valence-electron chi connectivity index (χ3n) is 4.50. The van der Waals surface area contributed by atoms with Crippen LogP contribution in [0.5, 0.6) is 0 Å². The van der Waals surface area contributed by atoms with Crippen LogP contribution in [0.4, 0.5) is 0 Å². The first-order chi connectivity index (χ1) is 12.8. The van der Waals surface area contributed by atoms with E-state index in [9.17, 15) is 4.79 Å². The van der Waals surface area contributed by atoms with Crippen LogP contribution >= 0.6 is 11.3 Å². The van der Waals surface area contributed by atoms with E-state index in [-0.39, 0.29) is 12.0 Å². The number of nitrogens with zero attached hydrogens (tertiary/aromatic N) is 3. The van der Waals surface area contributed by atoms with Gasteiger partial charge in [0.2, 0.25) is 0 Å². The van der Waals surface area contributed by atoms with Gasteiger partial charge in [0.1, 0.15) is 0 Å². The molecular weight excluding hydrogens is 348 g/mol. The van der Waals surface area contributed by atoms with Gasteiger partial charge in [0.15, 0.2) is 0 Å². The number of amides is 1. The lowest BCUT2D eigenvalue weighted by atomic mass is 10.1. The van der Waals surface area contributed by atoms with E-state index in [4.69, 9.17) is 4.74 Å². The van der Waals surface area contributed by atoms with Gasteiger partial charge in [-0.2, -0.15) is 5.10 Å². The number of hydrogen-bond donors (Lipinski definition) is 1. The number of rotatable bonds is 5. The van der Waals surface area contributed by atoms with Crippen molar-refractivity contribution in [2.45, 2.75) is 25.6 Å². The molecule has 0 aliphatic carbocycles. The number of aromatic amines is 1. The number of H-pyrrole nitrogens is 1. The van der Waals surface area contributed by atoms with Gasteiger partial charge < -0.3 is 9.64 Å². The molecule has 1 saturated heterocycles. The van der Waals surface area contributed by atoms with Crippen LogP contribution in [-0.2, 0) is 11.3 Å². The van der Waals surface area contributed by atoms with Crippen LogP contribution in [0.2, 0.25) is 0 Å². The zero-order chi connectivity index (χ0) is 17.8. The van der Waals surface area contributed by atoms with Gasteiger partial charge >= 0.3 is 0 Å². The molecule has 4 rings (SSSR count). The third kappa shape index (κ3) is 3.68. The largest absolute Gasteiger partial charge is 0.370 e. The first kappa shape index (κ1) is 16.9. The molecule has 134 valence electrons. The minimum absolute atomic E-state index is 0.00767. The molecule has 0 radical (unpaired) electrons. The van der Waals surface area contributed by atoms with Crippen LogP contribution < -0.4 is 0 Å². The van der Waals surface area contributed by atoms with E-state index in [0.717, 1.165) is 35.7 Å². The molecule has 1 N–H and O–H groups in total. The number of likely N-dealkylation sites (tertiary alicyclic amines) is 1. The van der Waals surface area contributed by atoms with E-state index in [2.05, 4.69) is 15.2 Å². The van der Waals surface area contributed by atoms with E-state index in [1.165, 1.54) is 0 Å². The number of ether oxygens (including phenoxy) is 1. The van der Waals surface area contributed by atoms with Gasteiger partial charge in [-0.15, -0.1) is 11.3 Å². The van der Waals surface area contributed by atoms with E-state index in [1.807, 2.05) is 40.6 Å². The van der Waals surface area contributed by atoms with Crippen molar-refractivity contribution in [3.05, 3.63) is 59.4 Å². The maximum absolute atomic E-state index is 13.0. The molecule has 1 amide bonds. The van der Waals surface area contributed by atoms with Crippen LogP contribution in [0.25, 0.3) is 10.6 Å². The summed E-state index contributed by atoms with van der Waals surface area (Å²) >= 11 is 1.59. The molecule has 1 aliphatic heterocycles. The number of piperidine rings is 1. The topological polar surface area (TPSA) is 71.1 Å². The standard InChI is InChI=1S/C19H20N4O2S/c24-19(16-11-21-22-18(16)17-7-4-10-26-17)23-9-3-6-15(12-23)25-13-14-5-1-2-8-20-14/h1-2,4-5,7-8,10-11,15H,3,6,9,12-13H2,(H,21,22)/t15-/m0/s1. The van der Waals surface area contributed by atoms with Crippen LogP contribution in [0.1, 0.15) is 28.9 Å². The van der Waals surface area contributed by atoms with Crippen molar-refractivity contribution in [2.75, 3.05) is 13.1 Å². The van der Waals surface area contributed by atoms with E-state index in [1.54, 1.807) is 23.7 Å². The van der Waals surface area contributed by atoms with Gasteiger partial charge in [-0.25, -0.2) is 0 Å². The van der Waals surface area contributed by atoms with Crippen molar-refractivity contribution >= 4 is 17.2 Å². The Balaban J connectivity index is 1.42. The lowest BCUT2D eigenvalue weighted by Crippen LogP contribution is -2.43. The summed E-state index contributed by atoms with van der Waals surface area (Å²) in [6.45, 7) is 1.82. The molecule has 0 saturated carbocycles. The smallest absolute Gasteiger partial charge is 0.257 e. The zero-order valence-corrected chi connectivity index (χ0v) is 15.1. The Morgan fingerprint density at radius 1 is 1.35 bits per heavy atom. The van der Waals surface area contributed by atoms with Crippen molar-refractivity contribution < 1.29 is 9.53 Å². The Morgan fingerprint density at radius 2 is 2.31 bits per heavy atom. The van der Waals surface area contributed by atoms with Crippen molar-refractivity contribution in [3.8, 4) is 10.6 Å². The number of nitrogens with one attached hydrogen (secondary N) is 1. The molecule has 1 aliphatic rings. The van der Waals surface area contributed by atoms with E-state index < -0.39 is 0 Å². The average Bonchev–Trinajstić information content (AvgIpc) is 3.38. The van der Waals surface area contributed by atoms with Crippen molar-refractivity contribution in [3.63, 3.8) is 0 Å². The number of hydrogen-bond acceptors (Lipinski definition) is 5. The summed E-state index contributed by atoms with van der Waals surface area (Å²) in [5.41, 5.74) is 2.32. The molecule has 0 spiro atoms. The summed E-state index contributed by atoms with van der Waals surface area (Å²) < 4.78 is 5.99. The van der Waals surface area contributed by atoms with E-state index in [0.29, 0.717) is 18.7 Å². The van der Waals surface area contributed by atoms with Gasteiger partial charge in [-0.3, -0.25) is 14.9 Å². The van der Waals surface area contributed by atoms with Crippen LogP contribution in [-0.4, -0.2) is 45.2 Å². The summed E-state index contributed by atoms with van der Waals surface area (Å²) in [5.74, 6) is 0.00767. The van der Waals surface area contributed by atoms with Crippen molar-refractivity contribution in [2.24, 2.45) is 0 Å². The average molecular weight is 368 g/mol. The van der Waals surface area contributed by atoms with Gasteiger partial charge in [0.25, 0.3) is 5.91 Å². The Morgan fingerprint density at radius 3 is 3.12 bits per heavy atom. The number of carbonyl (C=O) groups is 1. The Labute approximate surface area is 155 Å². The Hall–Kier alpha value is -2.51. The fourth-order valence-electron chi connectivity index (χ4n) is 3.17. The molecule has 0 aromatic carbocycles. The monoisotopic (exact) mass is 368 g/mol. The van der Waals surface area contributed by atoms with Gasteiger partial charge in [0.05, 0.1) is 40.7 Å². The second-order valence-corrected chi connectivity index (χ2v) is 7.23. The second-order valence-electron chi connectivity index (χ2n) is 6.28. The summed E-state index contributed by atoms with van der Waals surface area (Å²) in [6, 6.07) is 9.75. The highest BCUT2D eigenvalue weighted by Crippen LogP contribution is 2.27. The predicted molar refractivity (Wildman–Crippen MR) is 99.9 cm³/mol. The molecule has 0 unspecified atom stereocenters. The fraction of sp³-hybridized carbons (Fsp3) is 0.316. The molecule has 3 aromatic rings. The maximum Gasteiger partial charge on any atom is 0.257 e. The summed E-state index contributed by atoms with van der Waals surface area (Å²) in [4.78, 5) is 20.2. The molecule has 7 heteroatoms. The lowest BCUT2D eigenvalue weighted by molar-refractivity contribution is -0.00783. The van der Waals surface area contributed by atoms with Crippen LogP contribution in [0, 0.1) is 0 Å². The van der Waals surface area contributed by atoms with E-state index >= 15 is 0 Å². The first-order valence-corrected chi connectivity index (χ1v) is 9.57. The van der Waals surface area contributed by atoms with Gasteiger partial charge in [-0.05, 0) is 36.4 Å². The Bertz CT molecular complexity index is 848. The Kier molecular flexibility index (Phi) is 5.08. The highest BCUT2D eigenvalue weighted by Gasteiger charge is 2.27. The normalized spacial score (nSPS) is 17.4. The number of carbonyl (C=O) groups excluding carboxylic acids is 1. The van der Waals surface area contributed by atoms with Crippen molar-refractivity contribution in [1.82, 2.24) is 20.1 Å². The first-order valence-electron chi connectivity index (χ1n) is 8.69. The fourth-order valence-corrected chi connectivity index (χ4v) is 3.91. The predicted octanol–water partition coefficient (Wildman–Crippen LogP) is 3.35. The molecule has 4 heterocycles. The minimum Gasteiger partial charge on any atom is -0.370 e. The molecular formula is C19H20N4O2S. The zero-order valence-electron chi connectivity index (χ0n) is 14.3. The lowest BCUT2D eigenvalue weighted by Gasteiger charge is -2.32. The number of thiophene rings is 1. The maximum atomic E-state index is 13.0. The van der Waals surface area contributed by atoms with Crippen molar-refractivity contribution in [1.29, 1.82) is 0 Å². The second kappa shape index (κ2) is 7.80. The number of aromatic nitrogens is 3. The molecule has 6 nitrogen and oxygen atoms in total. The summed E-state index contributed by atoms with van der Waals surface area (Å²) in [6.07, 6.45) is 5.31. The summed E-state index contributed by atoms with van der Waals surface area (Å²) in [7, 11) is 0. The molecule has 0 bridgehead atoms.